The third-order valence-corrected chi connectivity index (χ3v) is 2.02. The Bertz CT molecular complexity index is 376. The Morgan fingerprint density at radius 2 is 2.21 bits per heavy atom. The zero-order valence-corrected chi connectivity index (χ0v) is 7.43. The van der Waals surface area contributed by atoms with Crippen LogP contribution in [-0.4, -0.2) is 24.3 Å². The van der Waals surface area contributed by atoms with Crippen molar-refractivity contribution in [3.8, 4) is 11.5 Å². The van der Waals surface area contributed by atoms with Gasteiger partial charge in [0.05, 0.1) is 0 Å². The molecule has 2 rings (SSSR count). The van der Waals surface area contributed by atoms with Gasteiger partial charge in [-0.25, -0.2) is 0 Å². The summed E-state index contributed by atoms with van der Waals surface area (Å²) < 4.78 is 10.3. The third-order valence-electron chi connectivity index (χ3n) is 2.02. The van der Waals surface area contributed by atoms with E-state index in [1.165, 1.54) is 0 Å². The number of hydrogen-bond donors (Lipinski definition) is 2. The van der Waals surface area contributed by atoms with E-state index in [0.29, 0.717) is 17.2 Å². The van der Waals surface area contributed by atoms with Gasteiger partial charge in [-0.3, -0.25) is 0 Å². The summed E-state index contributed by atoms with van der Waals surface area (Å²) in [6.07, 6.45) is 0. The van der Waals surface area contributed by atoms with Crippen molar-refractivity contribution in [2.75, 3.05) is 13.3 Å². The van der Waals surface area contributed by atoms with Crippen LogP contribution < -0.4 is 15.2 Å². The van der Waals surface area contributed by atoms with Crippen molar-refractivity contribution in [3.63, 3.8) is 0 Å². The SMILES string of the molecule is NC/C(=N/O)c1ccc2c(c1)OCO2. The molecular formula is C9H10N2O3. The average Bonchev–Trinajstić information content (AvgIpc) is 2.66. The fourth-order valence-corrected chi connectivity index (χ4v) is 1.29. The quantitative estimate of drug-likeness (QED) is 0.409. The van der Waals surface area contributed by atoms with Crippen LogP contribution in [0.25, 0.3) is 0 Å². The monoisotopic (exact) mass is 194 g/mol. The summed E-state index contributed by atoms with van der Waals surface area (Å²) in [6, 6.07) is 5.28. The van der Waals surface area contributed by atoms with Crippen LogP contribution in [0, 0.1) is 0 Å². The molecule has 5 heteroatoms. The van der Waals surface area contributed by atoms with E-state index >= 15 is 0 Å². The van der Waals surface area contributed by atoms with E-state index in [9.17, 15) is 0 Å². The normalized spacial score (nSPS) is 14.5. The van der Waals surface area contributed by atoms with E-state index in [0.717, 1.165) is 5.56 Å². The van der Waals surface area contributed by atoms with Gasteiger partial charge in [0.25, 0.3) is 0 Å². The predicted octanol–water partition coefficient (Wildman–Crippen LogP) is 0.552. The molecule has 1 aromatic carbocycles. The summed E-state index contributed by atoms with van der Waals surface area (Å²) in [5.74, 6) is 1.35. The van der Waals surface area contributed by atoms with Crippen molar-refractivity contribution in [1.29, 1.82) is 0 Å². The maximum atomic E-state index is 8.66. The molecular weight excluding hydrogens is 184 g/mol. The lowest BCUT2D eigenvalue weighted by molar-refractivity contribution is 0.174. The Hall–Kier alpha value is -1.75. The summed E-state index contributed by atoms with van der Waals surface area (Å²) in [5.41, 5.74) is 6.55. The predicted molar refractivity (Wildman–Crippen MR) is 49.9 cm³/mol. The Labute approximate surface area is 80.7 Å². The highest BCUT2D eigenvalue weighted by atomic mass is 16.7. The van der Waals surface area contributed by atoms with E-state index in [1.807, 2.05) is 0 Å². The molecule has 74 valence electrons. The number of oxime groups is 1. The van der Waals surface area contributed by atoms with Crippen LogP contribution in [0.5, 0.6) is 11.5 Å². The van der Waals surface area contributed by atoms with Crippen LogP contribution >= 0.6 is 0 Å². The third kappa shape index (κ3) is 1.38. The molecule has 0 saturated heterocycles. The minimum Gasteiger partial charge on any atom is -0.454 e. The van der Waals surface area contributed by atoms with E-state index in [1.54, 1.807) is 18.2 Å². The first-order valence-electron chi connectivity index (χ1n) is 4.16. The van der Waals surface area contributed by atoms with Gasteiger partial charge in [0.15, 0.2) is 11.5 Å². The Morgan fingerprint density at radius 1 is 1.43 bits per heavy atom. The fourth-order valence-electron chi connectivity index (χ4n) is 1.29. The average molecular weight is 194 g/mol. The molecule has 0 atom stereocenters. The number of nitrogens with two attached hydrogens (primary N) is 1. The van der Waals surface area contributed by atoms with Crippen molar-refractivity contribution in [1.82, 2.24) is 0 Å². The summed E-state index contributed by atoms with van der Waals surface area (Å²) >= 11 is 0. The van der Waals surface area contributed by atoms with Gasteiger partial charge in [-0.15, -0.1) is 0 Å². The van der Waals surface area contributed by atoms with E-state index < -0.39 is 0 Å². The lowest BCUT2D eigenvalue weighted by atomic mass is 10.1. The topological polar surface area (TPSA) is 77.1 Å². The van der Waals surface area contributed by atoms with Crippen LogP contribution in [-0.2, 0) is 0 Å². The maximum absolute atomic E-state index is 8.66. The van der Waals surface area contributed by atoms with Crippen LogP contribution in [0.4, 0.5) is 0 Å². The molecule has 14 heavy (non-hydrogen) atoms. The lowest BCUT2D eigenvalue weighted by Crippen LogP contribution is -2.14. The fraction of sp³-hybridized carbons (Fsp3) is 0.222. The molecule has 5 nitrogen and oxygen atoms in total. The smallest absolute Gasteiger partial charge is 0.231 e. The molecule has 0 radical (unpaired) electrons. The molecule has 0 saturated carbocycles. The molecule has 1 aromatic rings. The highest BCUT2D eigenvalue weighted by Crippen LogP contribution is 2.32. The summed E-state index contributed by atoms with van der Waals surface area (Å²) in [7, 11) is 0. The first kappa shape index (κ1) is 8.83. The molecule has 0 spiro atoms. The van der Waals surface area contributed by atoms with Crippen molar-refractivity contribution in [3.05, 3.63) is 23.8 Å². The Balaban J connectivity index is 2.37. The number of hydrogen-bond acceptors (Lipinski definition) is 5. The lowest BCUT2D eigenvalue weighted by Gasteiger charge is -2.02. The zero-order chi connectivity index (χ0) is 9.97. The van der Waals surface area contributed by atoms with Gasteiger partial charge in [0.2, 0.25) is 6.79 Å². The van der Waals surface area contributed by atoms with Gasteiger partial charge < -0.3 is 20.4 Å². The minimum absolute atomic E-state index is 0.177. The first-order chi connectivity index (χ1) is 6.85. The molecule has 0 fully saturated rings. The molecule has 3 N–H and O–H groups in total. The van der Waals surface area contributed by atoms with Crippen LogP contribution in [0.2, 0.25) is 0 Å². The zero-order valence-electron chi connectivity index (χ0n) is 7.43. The highest BCUT2D eigenvalue weighted by molar-refractivity contribution is 6.02. The van der Waals surface area contributed by atoms with Crippen molar-refractivity contribution in [2.45, 2.75) is 0 Å². The second kappa shape index (κ2) is 3.55. The number of nitrogens with zero attached hydrogens (tertiary/aromatic N) is 1. The van der Waals surface area contributed by atoms with Crippen molar-refractivity contribution >= 4 is 5.71 Å². The van der Waals surface area contributed by atoms with Gasteiger partial charge in [-0.1, -0.05) is 5.16 Å². The molecule has 1 aliphatic rings. The Morgan fingerprint density at radius 3 is 2.93 bits per heavy atom. The standard InChI is InChI=1S/C9H10N2O3/c10-4-7(11-12)6-1-2-8-9(3-6)14-5-13-8/h1-3,12H,4-5,10H2/b11-7-. The second-order valence-corrected chi connectivity index (χ2v) is 2.82. The van der Waals surface area contributed by atoms with Crippen LogP contribution in [0.1, 0.15) is 5.56 Å². The molecule has 0 aromatic heterocycles. The number of fused-ring (bicyclic) bond motifs is 1. The van der Waals surface area contributed by atoms with E-state index in [4.69, 9.17) is 20.4 Å². The number of ether oxygens (including phenoxy) is 2. The second-order valence-electron chi connectivity index (χ2n) is 2.82. The molecule has 0 aliphatic carbocycles. The van der Waals surface area contributed by atoms with Crippen LogP contribution in [0.3, 0.4) is 0 Å². The molecule has 0 amide bonds. The highest BCUT2D eigenvalue weighted by Gasteiger charge is 2.14. The van der Waals surface area contributed by atoms with E-state index in [2.05, 4.69) is 5.16 Å². The minimum atomic E-state index is 0.177. The largest absolute Gasteiger partial charge is 0.454 e. The van der Waals surface area contributed by atoms with E-state index in [-0.39, 0.29) is 13.3 Å². The summed E-state index contributed by atoms with van der Waals surface area (Å²) in [4.78, 5) is 0. The molecule has 0 unspecified atom stereocenters. The van der Waals surface area contributed by atoms with Gasteiger partial charge in [-0.05, 0) is 18.2 Å². The van der Waals surface area contributed by atoms with Gasteiger partial charge in [-0.2, -0.15) is 0 Å². The first-order valence-corrected chi connectivity index (χ1v) is 4.16. The Kier molecular flexibility index (Phi) is 2.24. The van der Waals surface area contributed by atoms with Crippen molar-refractivity contribution < 1.29 is 14.7 Å². The number of rotatable bonds is 2. The molecule has 1 heterocycles. The van der Waals surface area contributed by atoms with Gasteiger partial charge >= 0.3 is 0 Å². The molecule has 0 bridgehead atoms. The molecule has 1 aliphatic heterocycles. The van der Waals surface area contributed by atoms with Gasteiger partial charge in [0, 0.05) is 12.1 Å². The summed E-state index contributed by atoms with van der Waals surface area (Å²) in [6.45, 7) is 0.406. The number of benzene rings is 1. The maximum Gasteiger partial charge on any atom is 0.231 e. The summed E-state index contributed by atoms with van der Waals surface area (Å²) in [5, 5.41) is 11.8. The van der Waals surface area contributed by atoms with Crippen LogP contribution in [0.15, 0.2) is 23.4 Å². The van der Waals surface area contributed by atoms with Crippen molar-refractivity contribution in [2.24, 2.45) is 10.9 Å². The van der Waals surface area contributed by atoms with Gasteiger partial charge in [0.1, 0.15) is 5.71 Å².